The fourth-order valence-corrected chi connectivity index (χ4v) is 2.67. The van der Waals surface area contributed by atoms with E-state index in [-0.39, 0.29) is 17.7 Å². The second kappa shape index (κ2) is 5.68. The molecule has 1 aromatic heterocycles. The molecule has 1 aromatic carbocycles. The lowest BCUT2D eigenvalue weighted by Crippen LogP contribution is -2.28. The number of H-pyrrole nitrogens is 1. The van der Waals surface area contributed by atoms with Crippen LogP contribution in [0.3, 0.4) is 0 Å². The standard InChI is InChI=1S/C15H15F3N4O/c1-22(7-13-19-8-20-21-13)14(23)12-6-11(12)9-3-2-4-10(5-9)15(16,17)18/h2-5,8,11-12H,6-7H2,1H3,(H,19,20,21)/t11-,12-/m1/s1. The number of rotatable bonds is 4. The maximum absolute atomic E-state index is 12.8. The van der Waals surface area contributed by atoms with Crippen molar-refractivity contribution in [3.8, 4) is 0 Å². The number of carbonyl (C=O) groups is 1. The van der Waals surface area contributed by atoms with Gasteiger partial charge in [0.25, 0.3) is 0 Å². The Morgan fingerprint density at radius 2 is 2.22 bits per heavy atom. The van der Waals surface area contributed by atoms with Gasteiger partial charge in [-0.1, -0.05) is 18.2 Å². The molecule has 2 aromatic rings. The Labute approximate surface area is 130 Å². The van der Waals surface area contributed by atoms with Gasteiger partial charge in [0.15, 0.2) is 0 Å². The summed E-state index contributed by atoms with van der Waals surface area (Å²) in [5.41, 5.74) is -0.116. The zero-order valence-corrected chi connectivity index (χ0v) is 12.3. The monoisotopic (exact) mass is 324 g/mol. The van der Waals surface area contributed by atoms with Crippen LogP contribution in [0.5, 0.6) is 0 Å². The molecule has 0 spiro atoms. The number of amides is 1. The molecule has 5 nitrogen and oxygen atoms in total. The molecule has 1 amide bonds. The summed E-state index contributed by atoms with van der Waals surface area (Å²) in [5.74, 6) is 0.0503. The molecule has 0 aliphatic heterocycles. The summed E-state index contributed by atoms with van der Waals surface area (Å²) < 4.78 is 38.3. The van der Waals surface area contributed by atoms with E-state index in [1.807, 2.05) is 0 Å². The van der Waals surface area contributed by atoms with Gasteiger partial charge in [-0.25, -0.2) is 4.98 Å². The molecule has 1 aliphatic carbocycles. The maximum atomic E-state index is 12.8. The Hall–Kier alpha value is -2.38. The topological polar surface area (TPSA) is 61.9 Å². The first-order valence-corrected chi connectivity index (χ1v) is 7.12. The van der Waals surface area contributed by atoms with Gasteiger partial charge < -0.3 is 4.90 Å². The Morgan fingerprint density at radius 3 is 2.87 bits per heavy atom. The summed E-state index contributed by atoms with van der Waals surface area (Å²) in [7, 11) is 1.65. The smallest absolute Gasteiger partial charge is 0.338 e. The van der Waals surface area contributed by atoms with Crippen molar-refractivity contribution in [2.45, 2.75) is 25.1 Å². The van der Waals surface area contributed by atoms with Crippen molar-refractivity contribution in [2.24, 2.45) is 5.92 Å². The van der Waals surface area contributed by atoms with Gasteiger partial charge in [0.2, 0.25) is 5.91 Å². The highest BCUT2D eigenvalue weighted by Crippen LogP contribution is 2.49. The molecule has 2 atom stereocenters. The Morgan fingerprint density at radius 1 is 1.43 bits per heavy atom. The highest BCUT2D eigenvalue weighted by Gasteiger charge is 2.45. The number of hydrogen-bond donors (Lipinski definition) is 1. The molecule has 3 rings (SSSR count). The van der Waals surface area contributed by atoms with Gasteiger partial charge in [0.1, 0.15) is 12.2 Å². The Kier molecular flexibility index (Phi) is 3.83. The lowest BCUT2D eigenvalue weighted by atomic mass is 10.1. The molecule has 0 saturated heterocycles. The first-order chi connectivity index (χ1) is 10.9. The van der Waals surface area contributed by atoms with E-state index in [0.29, 0.717) is 24.4 Å². The number of nitrogens with zero attached hydrogens (tertiary/aromatic N) is 3. The number of carbonyl (C=O) groups excluding carboxylic acids is 1. The lowest BCUT2D eigenvalue weighted by molar-refractivity contribution is -0.137. The number of hydrogen-bond acceptors (Lipinski definition) is 3. The van der Waals surface area contributed by atoms with Crippen molar-refractivity contribution >= 4 is 5.91 Å². The first-order valence-electron chi connectivity index (χ1n) is 7.12. The van der Waals surface area contributed by atoms with Crippen molar-refractivity contribution in [2.75, 3.05) is 7.05 Å². The fourth-order valence-electron chi connectivity index (χ4n) is 2.67. The molecule has 0 unspecified atom stereocenters. The quantitative estimate of drug-likeness (QED) is 0.940. The van der Waals surface area contributed by atoms with Crippen molar-refractivity contribution in [1.82, 2.24) is 20.1 Å². The van der Waals surface area contributed by atoms with Crippen molar-refractivity contribution < 1.29 is 18.0 Å². The molecule has 1 N–H and O–H groups in total. The third-order valence-electron chi connectivity index (χ3n) is 3.98. The van der Waals surface area contributed by atoms with Crippen molar-refractivity contribution in [1.29, 1.82) is 0 Å². The summed E-state index contributed by atoms with van der Waals surface area (Å²) in [6.45, 7) is 0.296. The third kappa shape index (κ3) is 3.35. The highest BCUT2D eigenvalue weighted by molar-refractivity contribution is 5.82. The molecule has 1 aliphatic rings. The molecular formula is C15H15F3N4O. The van der Waals surface area contributed by atoms with Crippen LogP contribution in [-0.2, 0) is 17.5 Å². The zero-order chi connectivity index (χ0) is 16.6. The molecule has 23 heavy (non-hydrogen) atoms. The second-order valence-electron chi connectivity index (χ2n) is 5.70. The maximum Gasteiger partial charge on any atom is 0.416 e. The van der Waals surface area contributed by atoms with Crippen LogP contribution in [0.1, 0.15) is 29.3 Å². The molecule has 1 fully saturated rings. The molecule has 1 heterocycles. The summed E-state index contributed by atoms with van der Waals surface area (Å²) >= 11 is 0. The zero-order valence-electron chi connectivity index (χ0n) is 12.3. The summed E-state index contributed by atoms with van der Waals surface area (Å²) in [6.07, 6.45) is -2.44. The van der Waals surface area contributed by atoms with Crippen LogP contribution in [0, 0.1) is 5.92 Å². The van der Waals surface area contributed by atoms with Gasteiger partial charge in [-0.2, -0.15) is 18.3 Å². The third-order valence-corrected chi connectivity index (χ3v) is 3.98. The summed E-state index contributed by atoms with van der Waals surface area (Å²) in [6, 6.07) is 5.20. The van der Waals surface area contributed by atoms with Gasteiger partial charge in [-0.15, -0.1) is 0 Å². The van der Waals surface area contributed by atoms with Crippen LogP contribution in [0.15, 0.2) is 30.6 Å². The van der Waals surface area contributed by atoms with E-state index >= 15 is 0 Å². The molecule has 0 radical (unpaired) electrons. The normalized spacial score (nSPS) is 20.3. The summed E-state index contributed by atoms with van der Waals surface area (Å²) in [5, 5.41) is 6.38. The van der Waals surface area contributed by atoms with Crippen LogP contribution in [0.4, 0.5) is 13.2 Å². The van der Waals surface area contributed by atoms with Crippen molar-refractivity contribution in [3.63, 3.8) is 0 Å². The number of aromatic nitrogens is 3. The van der Waals surface area contributed by atoms with E-state index in [2.05, 4.69) is 15.2 Å². The minimum absolute atomic E-state index is 0.0937. The lowest BCUT2D eigenvalue weighted by Gasteiger charge is -2.15. The predicted octanol–water partition coefficient (Wildman–Crippen LogP) is 2.59. The summed E-state index contributed by atoms with van der Waals surface area (Å²) in [4.78, 5) is 17.8. The van der Waals surface area contributed by atoms with E-state index in [0.717, 1.165) is 12.1 Å². The van der Waals surface area contributed by atoms with Crippen molar-refractivity contribution in [3.05, 3.63) is 47.5 Å². The van der Waals surface area contributed by atoms with Crippen LogP contribution in [-0.4, -0.2) is 33.0 Å². The minimum Gasteiger partial charge on any atom is -0.338 e. The second-order valence-corrected chi connectivity index (χ2v) is 5.70. The molecule has 0 bridgehead atoms. The Balaban J connectivity index is 1.66. The van der Waals surface area contributed by atoms with Gasteiger partial charge in [-0.05, 0) is 24.0 Å². The number of nitrogens with one attached hydrogen (secondary N) is 1. The van der Waals surface area contributed by atoms with Crippen LogP contribution in [0.2, 0.25) is 0 Å². The SMILES string of the molecule is CN(Cc1ncn[nH]1)C(=O)[C@@H]1C[C@@H]1c1cccc(C(F)(F)F)c1. The average molecular weight is 324 g/mol. The molecule has 1 saturated carbocycles. The van der Waals surface area contributed by atoms with E-state index in [9.17, 15) is 18.0 Å². The number of alkyl halides is 3. The van der Waals surface area contributed by atoms with E-state index < -0.39 is 11.7 Å². The van der Waals surface area contributed by atoms with Gasteiger partial charge in [0, 0.05) is 13.0 Å². The van der Waals surface area contributed by atoms with E-state index in [4.69, 9.17) is 0 Å². The first kappa shape index (κ1) is 15.5. The number of benzene rings is 1. The molecule has 122 valence electrons. The van der Waals surface area contributed by atoms with E-state index in [1.165, 1.54) is 17.3 Å². The van der Waals surface area contributed by atoms with Gasteiger partial charge in [-0.3, -0.25) is 9.89 Å². The fraction of sp³-hybridized carbons (Fsp3) is 0.400. The van der Waals surface area contributed by atoms with Gasteiger partial charge in [0.05, 0.1) is 12.1 Å². The minimum atomic E-state index is -4.37. The highest BCUT2D eigenvalue weighted by atomic mass is 19.4. The Bertz CT molecular complexity index is 699. The molecule has 8 heteroatoms. The van der Waals surface area contributed by atoms with Gasteiger partial charge >= 0.3 is 6.18 Å². The molecular weight excluding hydrogens is 309 g/mol. The average Bonchev–Trinajstić information content (AvgIpc) is 3.15. The number of halogens is 3. The van der Waals surface area contributed by atoms with Crippen LogP contribution in [0.25, 0.3) is 0 Å². The van der Waals surface area contributed by atoms with E-state index in [1.54, 1.807) is 13.1 Å². The van der Waals surface area contributed by atoms with Crippen LogP contribution >= 0.6 is 0 Å². The number of aromatic amines is 1. The predicted molar refractivity (Wildman–Crippen MR) is 75.1 cm³/mol. The van der Waals surface area contributed by atoms with Crippen LogP contribution < -0.4 is 0 Å². The largest absolute Gasteiger partial charge is 0.416 e.